The Morgan fingerprint density at radius 1 is 1.42 bits per heavy atom. The molecule has 0 aliphatic heterocycles. The van der Waals surface area contributed by atoms with Crippen LogP contribution >= 0.6 is 27.5 Å². The molecule has 0 aromatic heterocycles. The molecule has 4 nitrogen and oxygen atoms in total. The van der Waals surface area contributed by atoms with Gasteiger partial charge in [0.05, 0.1) is 11.6 Å². The summed E-state index contributed by atoms with van der Waals surface area (Å²) in [5.41, 5.74) is 0.488. The van der Waals surface area contributed by atoms with E-state index in [1.165, 1.54) is 4.90 Å². The van der Waals surface area contributed by atoms with E-state index in [2.05, 4.69) is 21.2 Å². The number of halogens is 2. The molecule has 0 saturated heterocycles. The van der Waals surface area contributed by atoms with Gasteiger partial charge in [0.2, 0.25) is 5.91 Å². The minimum atomic E-state index is -0.219. The second kappa shape index (κ2) is 7.50. The molecule has 104 valence electrons. The zero-order valence-electron chi connectivity index (χ0n) is 10.9. The van der Waals surface area contributed by atoms with E-state index in [9.17, 15) is 9.59 Å². The SMILES string of the molecule is CCCNC(=O)CN(C)C(=O)c1ccc(Cl)c(Br)c1. The van der Waals surface area contributed by atoms with Crippen molar-refractivity contribution in [3.8, 4) is 0 Å². The van der Waals surface area contributed by atoms with E-state index < -0.39 is 0 Å². The highest BCUT2D eigenvalue weighted by Crippen LogP contribution is 2.23. The smallest absolute Gasteiger partial charge is 0.254 e. The van der Waals surface area contributed by atoms with Crippen molar-refractivity contribution in [3.05, 3.63) is 33.3 Å². The van der Waals surface area contributed by atoms with Crippen molar-refractivity contribution in [2.75, 3.05) is 20.1 Å². The molecule has 0 radical (unpaired) electrons. The van der Waals surface area contributed by atoms with Gasteiger partial charge in [-0.25, -0.2) is 0 Å². The van der Waals surface area contributed by atoms with Gasteiger partial charge in [0, 0.05) is 23.6 Å². The first-order valence-electron chi connectivity index (χ1n) is 5.93. The molecule has 0 unspecified atom stereocenters. The molecule has 0 heterocycles. The molecule has 1 aromatic rings. The first-order valence-corrected chi connectivity index (χ1v) is 7.10. The van der Waals surface area contributed by atoms with E-state index in [1.54, 1.807) is 25.2 Å². The summed E-state index contributed by atoms with van der Waals surface area (Å²) < 4.78 is 0.656. The summed E-state index contributed by atoms with van der Waals surface area (Å²) in [6, 6.07) is 4.92. The summed E-state index contributed by atoms with van der Waals surface area (Å²) in [7, 11) is 1.59. The van der Waals surface area contributed by atoms with Crippen LogP contribution in [-0.4, -0.2) is 36.9 Å². The summed E-state index contributed by atoms with van der Waals surface area (Å²) >= 11 is 9.14. The lowest BCUT2D eigenvalue weighted by atomic mass is 10.2. The maximum absolute atomic E-state index is 12.1. The summed E-state index contributed by atoms with van der Waals surface area (Å²) in [5, 5.41) is 3.27. The van der Waals surface area contributed by atoms with Gasteiger partial charge in [0.1, 0.15) is 0 Å². The third kappa shape index (κ3) is 4.84. The average Bonchev–Trinajstić information content (AvgIpc) is 2.38. The highest BCUT2D eigenvalue weighted by atomic mass is 79.9. The zero-order chi connectivity index (χ0) is 14.4. The summed E-state index contributed by atoms with van der Waals surface area (Å²) in [6.45, 7) is 2.63. The molecule has 0 fully saturated rings. The minimum absolute atomic E-state index is 0.0408. The van der Waals surface area contributed by atoms with Crippen LogP contribution in [0.5, 0.6) is 0 Å². The molecule has 0 aliphatic rings. The van der Waals surface area contributed by atoms with Crippen LogP contribution in [-0.2, 0) is 4.79 Å². The van der Waals surface area contributed by atoms with Gasteiger partial charge in [-0.1, -0.05) is 18.5 Å². The molecule has 0 aliphatic carbocycles. The maximum Gasteiger partial charge on any atom is 0.254 e. The van der Waals surface area contributed by atoms with E-state index >= 15 is 0 Å². The van der Waals surface area contributed by atoms with Gasteiger partial charge in [0.15, 0.2) is 0 Å². The number of carbonyl (C=O) groups is 2. The van der Waals surface area contributed by atoms with Crippen molar-refractivity contribution < 1.29 is 9.59 Å². The largest absolute Gasteiger partial charge is 0.355 e. The average molecular weight is 348 g/mol. The van der Waals surface area contributed by atoms with Gasteiger partial charge in [-0.2, -0.15) is 0 Å². The van der Waals surface area contributed by atoms with Crippen LogP contribution in [0.25, 0.3) is 0 Å². The fraction of sp³-hybridized carbons (Fsp3) is 0.385. The Kier molecular flexibility index (Phi) is 6.31. The Labute approximate surface area is 126 Å². The molecule has 1 N–H and O–H groups in total. The number of likely N-dealkylation sites (N-methyl/N-ethyl adjacent to an activating group) is 1. The molecule has 19 heavy (non-hydrogen) atoms. The van der Waals surface area contributed by atoms with E-state index in [0.717, 1.165) is 6.42 Å². The molecule has 6 heteroatoms. The topological polar surface area (TPSA) is 49.4 Å². The van der Waals surface area contributed by atoms with Crippen LogP contribution in [0, 0.1) is 0 Å². The Morgan fingerprint density at radius 3 is 2.68 bits per heavy atom. The number of hydrogen-bond acceptors (Lipinski definition) is 2. The van der Waals surface area contributed by atoms with Gasteiger partial charge in [-0.3, -0.25) is 9.59 Å². The monoisotopic (exact) mass is 346 g/mol. The lowest BCUT2D eigenvalue weighted by Gasteiger charge is -2.17. The number of nitrogens with one attached hydrogen (secondary N) is 1. The summed E-state index contributed by atoms with van der Waals surface area (Å²) in [5.74, 6) is -0.380. The van der Waals surface area contributed by atoms with E-state index in [-0.39, 0.29) is 18.4 Å². The standard InChI is InChI=1S/C13H16BrClN2O2/c1-3-6-16-12(18)8-17(2)13(19)9-4-5-11(15)10(14)7-9/h4-5,7H,3,6,8H2,1-2H3,(H,16,18). The Balaban J connectivity index is 2.66. The number of rotatable bonds is 5. The first-order chi connectivity index (χ1) is 8.95. The third-order valence-electron chi connectivity index (χ3n) is 2.47. The van der Waals surface area contributed by atoms with Crippen LogP contribution in [0.3, 0.4) is 0 Å². The number of amides is 2. The van der Waals surface area contributed by atoms with E-state index in [0.29, 0.717) is 21.6 Å². The van der Waals surface area contributed by atoms with Gasteiger partial charge in [0.25, 0.3) is 5.91 Å². The van der Waals surface area contributed by atoms with Crippen LogP contribution in [0.15, 0.2) is 22.7 Å². The van der Waals surface area contributed by atoms with Crippen molar-refractivity contribution in [1.82, 2.24) is 10.2 Å². The number of benzene rings is 1. The zero-order valence-corrected chi connectivity index (χ0v) is 13.2. The normalized spacial score (nSPS) is 10.1. The molecule has 0 bridgehead atoms. The highest BCUT2D eigenvalue weighted by molar-refractivity contribution is 9.10. The van der Waals surface area contributed by atoms with Crippen molar-refractivity contribution in [1.29, 1.82) is 0 Å². The highest BCUT2D eigenvalue weighted by Gasteiger charge is 2.15. The first kappa shape index (κ1) is 16.0. The summed E-state index contributed by atoms with van der Waals surface area (Å²) in [6.07, 6.45) is 0.869. The second-order valence-electron chi connectivity index (χ2n) is 4.14. The molecule has 0 atom stereocenters. The summed E-state index contributed by atoms with van der Waals surface area (Å²) in [4.78, 5) is 25.0. The van der Waals surface area contributed by atoms with Crippen LogP contribution in [0.2, 0.25) is 5.02 Å². The second-order valence-corrected chi connectivity index (χ2v) is 5.40. The van der Waals surface area contributed by atoms with Gasteiger partial charge < -0.3 is 10.2 Å². The molecule has 0 spiro atoms. The fourth-order valence-corrected chi connectivity index (χ4v) is 1.95. The molecular formula is C13H16BrClN2O2. The molecule has 1 rings (SSSR count). The predicted octanol–water partition coefficient (Wildman–Crippen LogP) is 2.70. The van der Waals surface area contributed by atoms with Crippen molar-refractivity contribution in [3.63, 3.8) is 0 Å². The van der Waals surface area contributed by atoms with Crippen LogP contribution in [0.1, 0.15) is 23.7 Å². The Morgan fingerprint density at radius 2 is 2.11 bits per heavy atom. The lowest BCUT2D eigenvalue weighted by molar-refractivity contribution is -0.121. The van der Waals surface area contributed by atoms with Crippen molar-refractivity contribution in [2.24, 2.45) is 0 Å². The number of nitrogens with zero attached hydrogens (tertiary/aromatic N) is 1. The van der Waals surface area contributed by atoms with Crippen LogP contribution in [0.4, 0.5) is 0 Å². The molecule has 0 saturated carbocycles. The molecule has 1 aromatic carbocycles. The predicted molar refractivity (Wildman–Crippen MR) is 79.4 cm³/mol. The quantitative estimate of drug-likeness (QED) is 0.890. The third-order valence-corrected chi connectivity index (χ3v) is 3.68. The van der Waals surface area contributed by atoms with Crippen LogP contribution < -0.4 is 5.32 Å². The van der Waals surface area contributed by atoms with Gasteiger partial charge >= 0.3 is 0 Å². The Bertz CT molecular complexity index is 480. The van der Waals surface area contributed by atoms with Crippen molar-refractivity contribution in [2.45, 2.75) is 13.3 Å². The Hall–Kier alpha value is -1.07. The fourth-order valence-electron chi connectivity index (χ4n) is 1.46. The molecular weight excluding hydrogens is 332 g/mol. The van der Waals surface area contributed by atoms with Gasteiger partial charge in [-0.05, 0) is 40.5 Å². The van der Waals surface area contributed by atoms with E-state index in [1.807, 2.05) is 6.92 Å². The number of hydrogen-bond donors (Lipinski definition) is 1. The maximum atomic E-state index is 12.1. The van der Waals surface area contributed by atoms with E-state index in [4.69, 9.17) is 11.6 Å². The number of carbonyl (C=O) groups excluding carboxylic acids is 2. The lowest BCUT2D eigenvalue weighted by Crippen LogP contribution is -2.38. The van der Waals surface area contributed by atoms with Crippen molar-refractivity contribution >= 4 is 39.3 Å². The molecule has 2 amide bonds. The van der Waals surface area contributed by atoms with Gasteiger partial charge in [-0.15, -0.1) is 0 Å². The minimum Gasteiger partial charge on any atom is -0.355 e.